The average Bonchev–Trinajstić information content (AvgIpc) is 3.04. The summed E-state index contributed by atoms with van der Waals surface area (Å²) in [6.07, 6.45) is 5.09. The second-order valence-corrected chi connectivity index (χ2v) is 10.5. The van der Waals surface area contributed by atoms with E-state index in [2.05, 4.69) is 5.32 Å². The molecule has 3 aliphatic rings. The third kappa shape index (κ3) is 4.13. The molecule has 1 aromatic rings. The van der Waals surface area contributed by atoms with Crippen molar-refractivity contribution in [2.45, 2.75) is 91.5 Å². The quantitative estimate of drug-likeness (QED) is 0.710. The topological polar surface area (TPSA) is 73.9 Å². The number of ether oxygens (including phenoxy) is 3. The van der Waals surface area contributed by atoms with Crippen LogP contribution in [0.15, 0.2) is 0 Å². The molecule has 0 spiro atoms. The molecule has 6 nitrogen and oxygen atoms in total. The van der Waals surface area contributed by atoms with Gasteiger partial charge in [0, 0.05) is 36.9 Å². The zero-order chi connectivity index (χ0) is 22.6. The van der Waals surface area contributed by atoms with Crippen LogP contribution in [-0.4, -0.2) is 29.8 Å². The van der Waals surface area contributed by atoms with Crippen LogP contribution in [-0.2, 0) is 16.0 Å². The Morgan fingerprint density at radius 2 is 1.71 bits per heavy atom. The minimum atomic E-state index is -0.741. The van der Waals surface area contributed by atoms with Crippen molar-refractivity contribution < 1.29 is 23.8 Å². The van der Waals surface area contributed by atoms with E-state index < -0.39 is 11.4 Å². The van der Waals surface area contributed by atoms with E-state index in [0.717, 1.165) is 60.1 Å². The van der Waals surface area contributed by atoms with Crippen LogP contribution < -0.4 is 14.8 Å². The number of fused-ring (bicyclic) bond motifs is 2. The van der Waals surface area contributed by atoms with Crippen molar-refractivity contribution in [3.05, 3.63) is 22.3 Å². The Hall–Kier alpha value is -2.24. The predicted molar refractivity (Wildman–Crippen MR) is 118 cm³/mol. The number of nitrogens with one attached hydrogen (secondary N) is 1. The second-order valence-electron chi connectivity index (χ2n) is 10.5. The average molecular weight is 430 g/mol. The zero-order valence-electron chi connectivity index (χ0n) is 19.6. The molecule has 1 aliphatic carbocycles. The van der Waals surface area contributed by atoms with Gasteiger partial charge in [-0.25, -0.2) is 0 Å². The van der Waals surface area contributed by atoms with E-state index in [-0.39, 0.29) is 17.8 Å². The Labute approximate surface area is 185 Å². The summed E-state index contributed by atoms with van der Waals surface area (Å²) in [5.41, 5.74) is 3.28. The van der Waals surface area contributed by atoms with Gasteiger partial charge in [0.05, 0.1) is 0 Å². The first-order chi connectivity index (χ1) is 14.5. The molecular weight excluding hydrogens is 394 g/mol. The van der Waals surface area contributed by atoms with Crippen molar-refractivity contribution in [3.63, 3.8) is 0 Å². The summed E-state index contributed by atoms with van der Waals surface area (Å²) in [6.45, 7) is 12.4. The highest BCUT2D eigenvalue weighted by Gasteiger charge is 2.48. The third-order valence-electron chi connectivity index (χ3n) is 6.98. The Morgan fingerprint density at radius 3 is 2.32 bits per heavy atom. The molecule has 2 heterocycles. The molecule has 4 rings (SSSR count). The van der Waals surface area contributed by atoms with Crippen LogP contribution in [0, 0.1) is 25.7 Å². The van der Waals surface area contributed by atoms with Crippen LogP contribution in [0.25, 0.3) is 0 Å². The maximum absolute atomic E-state index is 12.5. The van der Waals surface area contributed by atoms with Gasteiger partial charge in [0.15, 0.2) is 11.5 Å². The number of carbonyl (C=O) groups is 2. The monoisotopic (exact) mass is 429 g/mol. The highest BCUT2D eigenvalue weighted by Crippen LogP contribution is 2.52. The Morgan fingerprint density at radius 1 is 1.10 bits per heavy atom. The first-order valence-corrected chi connectivity index (χ1v) is 11.5. The molecule has 1 aromatic carbocycles. The number of amides is 1. The molecule has 0 bridgehead atoms. The first kappa shape index (κ1) is 22.0. The van der Waals surface area contributed by atoms with Crippen molar-refractivity contribution in [2.24, 2.45) is 11.8 Å². The molecule has 6 heteroatoms. The highest BCUT2D eigenvalue weighted by molar-refractivity contribution is 6.00. The normalized spacial score (nSPS) is 27.5. The van der Waals surface area contributed by atoms with Gasteiger partial charge in [0.2, 0.25) is 0 Å². The lowest BCUT2D eigenvalue weighted by atomic mass is 9.77. The van der Waals surface area contributed by atoms with Crippen molar-refractivity contribution >= 4 is 11.9 Å². The summed E-state index contributed by atoms with van der Waals surface area (Å²) >= 11 is 0. The first-order valence-electron chi connectivity index (χ1n) is 11.5. The molecule has 0 saturated heterocycles. The predicted octanol–water partition coefficient (Wildman–Crippen LogP) is 4.61. The van der Waals surface area contributed by atoms with Crippen molar-refractivity contribution in [3.8, 4) is 11.5 Å². The number of hydrogen-bond acceptors (Lipinski definition) is 5. The molecule has 1 fully saturated rings. The maximum Gasteiger partial charge on any atom is 0.306 e. The molecule has 170 valence electrons. The van der Waals surface area contributed by atoms with Gasteiger partial charge in [0.1, 0.15) is 5.60 Å². The van der Waals surface area contributed by atoms with Crippen molar-refractivity contribution in [2.75, 3.05) is 6.54 Å². The standard InChI is InChI=1S/C25H35NO5/c1-14-18-11-12-26-23(28)20(18)15(2)22-21(14)30-25(6,31-22)17-9-7-16(8-10-17)13-19(27)29-24(3,4)5/h16-17H,7-13H2,1-6H3,(H,26,28). The molecule has 1 saturated carbocycles. The number of hydrogen-bond donors (Lipinski definition) is 1. The Kier molecular flexibility index (Phi) is 5.47. The minimum absolute atomic E-state index is 0.0236. The summed E-state index contributed by atoms with van der Waals surface area (Å²) in [6, 6.07) is 0. The Bertz CT molecular complexity index is 908. The smallest absolute Gasteiger partial charge is 0.306 e. The fourth-order valence-electron chi connectivity index (χ4n) is 5.36. The third-order valence-corrected chi connectivity index (χ3v) is 6.98. The van der Waals surface area contributed by atoms with Crippen LogP contribution in [0.1, 0.15) is 86.8 Å². The molecule has 0 radical (unpaired) electrons. The van der Waals surface area contributed by atoms with E-state index in [1.165, 1.54) is 0 Å². The van der Waals surface area contributed by atoms with E-state index in [4.69, 9.17) is 14.2 Å². The molecular formula is C25H35NO5. The molecule has 1 unspecified atom stereocenters. The van der Waals surface area contributed by atoms with Crippen LogP contribution in [0.2, 0.25) is 0 Å². The SMILES string of the molecule is Cc1c2c(c(C)c3c1OC(C)(C1CCC(CC(=O)OC(C)(C)C)CC1)O3)C(=O)NCC2. The lowest BCUT2D eigenvalue weighted by Gasteiger charge is -2.37. The van der Waals surface area contributed by atoms with E-state index >= 15 is 0 Å². The van der Waals surface area contributed by atoms with Crippen LogP contribution in [0.3, 0.4) is 0 Å². The van der Waals surface area contributed by atoms with E-state index in [9.17, 15) is 9.59 Å². The summed E-state index contributed by atoms with van der Waals surface area (Å²) in [7, 11) is 0. The number of benzene rings is 1. The molecule has 1 amide bonds. The Balaban J connectivity index is 1.46. The fourth-order valence-corrected chi connectivity index (χ4v) is 5.36. The summed E-state index contributed by atoms with van der Waals surface area (Å²) in [5, 5.41) is 2.94. The van der Waals surface area contributed by atoms with Gasteiger partial charge in [0.25, 0.3) is 11.7 Å². The number of rotatable bonds is 3. The van der Waals surface area contributed by atoms with Gasteiger partial charge in [-0.3, -0.25) is 9.59 Å². The van der Waals surface area contributed by atoms with Gasteiger partial charge in [-0.15, -0.1) is 0 Å². The molecule has 1 atom stereocenters. The van der Waals surface area contributed by atoms with Gasteiger partial charge >= 0.3 is 5.97 Å². The van der Waals surface area contributed by atoms with Gasteiger partial charge < -0.3 is 19.5 Å². The molecule has 1 N–H and O–H groups in total. The van der Waals surface area contributed by atoms with Crippen LogP contribution in [0.4, 0.5) is 0 Å². The van der Waals surface area contributed by atoms with Crippen molar-refractivity contribution in [1.29, 1.82) is 0 Å². The molecule has 0 aromatic heterocycles. The summed E-state index contributed by atoms with van der Waals surface area (Å²) in [4.78, 5) is 24.7. The lowest BCUT2D eigenvalue weighted by Crippen LogP contribution is -2.45. The van der Waals surface area contributed by atoms with Gasteiger partial charge in [-0.05, 0) is 83.8 Å². The van der Waals surface area contributed by atoms with Crippen LogP contribution in [0.5, 0.6) is 11.5 Å². The largest absolute Gasteiger partial charge is 0.460 e. The molecule has 2 aliphatic heterocycles. The van der Waals surface area contributed by atoms with Gasteiger partial charge in [-0.2, -0.15) is 0 Å². The number of carbonyl (C=O) groups excluding carboxylic acids is 2. The second kappa shape index (κ2) is 7.72. The maximum atomic E-state index is 12.5. The van der Waals surface area contributed by atoms with Crippen LogP contribution >= 0.6 is 0 Å². The zero-order valence-corrected chi connectivity index (χ0v) is 19.6. The highest BCUT2D eigenvalue weighted by atomic mass is 16.7. The summed E-state index contributed by atoms with van der Waals surface area (Å²) in [5.74, 6) is 1.21. The van der Waals surface area contributed by atoms with E-state index in [1.807, 2.05) is 41.5 Å². The minimum Gasteiger partial charge on any atom is -0.460 e. The number of esters is 1. The molecule has 31 heavy (non-hydrogen) atoms. The summed E-state index contributed by atoms with van der Waals surface area (Å²) < 4.78 is 18.4. The van der Waals surface area contributed by atoms with Crippen molar-refractivity contribution in [1.82, 2.24) is 5.32 Å². The van der Waals surface area contributed by atoms with Gasteiger partial charge in [-0.1, -0.05) is 0 Å². The van der Waals surface area contributed by atoms with E-state index in [0.29, 0.717) is 24.6 Å². The van der Waals surface area contributed by atoms with E-state index in [1.54, 1.807) is 0 Å². The lowest BCUT2D eigenvalue weighted by molar-refractivity contribution is -0.157. The fraction of sp³-hybridized carbons (Fsp3) is 0.680.